The Kier molecular flexibility index (Phi) is 6.15. The standard InChI is InChI=1S/C30H29N5O3/c1-20-8-7-11-22(16-20)19-34-30(38)35-26-17-23(27(36)31-24-12-5-6-13-24)14-15-25(26)28(37)33(29(35)32-34)18-21-9-3-2-4-10-21/h2-4,7-11,14-17,24H,5-6,12-13,18-19H2,1H3,(H,31,36). The van der Waals surface area contributed by atoms with Crippen LogP contribution < -0.4 is 16.6 Å². The lowest BCUT2D eigenvalue weighted by Crippen LogP contribution is -2.33. The van der Waals surface area contributed by atoms with Crippen LogP contribution in [0.5, 0.6) is 0 Å². The topological polar surface area (TPSA) is 90.4 Å². The zero-order valence-corrected chi connectivity index (χ0v) is 21.3. The second kappa shape index (κ2) is 9.78. The maximum Gasteiger partial charge on any atom is 0.352 e. The lowest BCUT2D eigenvalue weighted by molar-refractivity contribution is 0.0938. The van der Waals surface area contributed by atoms with Gasteiger partial charge in [0.2, 0.25) is 5.78 Å². The zero-order chi connectivity index (χ0) is 26.2. The minimum Gasteiger partial charge on any atom is -0.349 e. The van der Waals surface area contributed by atoms with E-state index in [2.05, 4.69) is 10.4 Å². The molecule has 5 aromatic rings. The summed E-state index contributed by atoms with van der Waals surface area (Å²) in [6.45, 7) is 2.54. The predicted molar refractivity (Wildman–Crippen MR) is 147 cm³/mol. The molecule has 0 bridgehead atoms. The van der Waals surface area contributed by atoms with E-state index in [0.717, 1.165) is 42.4 Å². The molecule has 6 rings (SSSR count). The van der Waals surface area contributed by atoms with Crippen LogP contribution in [0.1, 0.15) is 52.7 Å². The molecule has 1 amide bonds. The Labute approximate surface area is 219 Å². The van der Waals surface area contributed by atoms with E-state index in [4.69, 9.17) is 0 Å². The van der Waals surface area contributed by atoms with Crippen LogP contribution in [0.3, 0.4) is 0 Å². The van der Waals surface area contributed by atoms with Gasteiger partial charge >= 0.3 is 5.69 Å². The van der Waals surface area contributed by atoms with Gasteiger partial charge in [-0.3, -0.25) is 14.2 Å². The van der Waals surface area contributed by atoms with Crippen LogP contribution in [0.25, 0.3) is 16.7 Å². The maximum absolute atomic E-state index is 13.8. The van der Waals surface area contributed by atoms with Gasteiger partial charge in [0, 0.05) is 11.6 Å². The zero-order valence-electron chi connectivity index (χ0n) is 21.3. The Morgan fingerprint density at radius 3 is 2.45 bits per heavy atom. The molecule has 8 nitrogen and oxygen atoms in total. The van der Waals surface area contributed by atoms with Crippen molar-refractivity contribution < 1.29 is 4.79 Å². The number of nitrogens with zero attached hydrogens (tertiary/aromatic N) is 4. The number of hydrogen-bond donors (Lipinski definition) is 1. The molecule has 0 aliphatic heterocycles. The Balaban J connectivity index is 1.53. The van der Waals surface area contributed by atoms with Crippen LogP contribution in [0.2, 0.25) is 0 Å². The molecular formula is C30H29N5O3. The predicted octanol–water partition coefficient (Wildman–Crippen LogP) is 3.89. The number of benzene rings is 3. The summed E-state index contributed by atoms with van der Waals surface area (Å²) in [6.07, 6.45) is 4.16. The summed E-state index contributed by atoms with van der Waals surface area (Å²) in [7, 11) is 0. The van der Waals surface area contributed by atoms with Crippen molar-refractivity contribution in [3.63, 3.8) is 0 Å². The first kappa shape index (κ1) is 23.9. The Morgan fingerprint density at radius 2 is 1.68 bits per heavy atom. The van der Waals surface area contributed by atoms with E-state index < -0.39 is 0 Å². The van der Waals surface area contributed by atoms with Crippen molar-refractivity contribution in [3.8, 4) is 0 Å². The number of amides is 1. The van der Waals surface area contributed by atoms with Crippen molar-refractivity contribution in [2.24, 2.45) is 0 Å². The largest absolute Gasteiger partial charge is 0.352 e. The SMILES string of the molecule is Cc1cccc(Cn2nc3n(Cc4ccccc4)c(=O)c4ccc(C(=O)NC5CCCC5)cc4n3c2=O)c1. The fourth-order valence-electron chi connectivity index (χ4n) is 5.39. The van der Waals surface area contributed by atoms with Gasteiger partial charge in [-0.2, -0.15) is 0 Å². The van der Waals surface area contributed by atoms with Crippen LogP contribution in [0.15, 0.2) is 82.4 Å². The highest BCUT2D eigenvalue weighted by Crippen LogP contribution is 2.20. The monoisotopic (exact) mass is 507 g/mol. The van der Waals surface area contributed by atoms with Crippen molar-refractivity contribution in [1.82, 2.24) is 24.1 Å². The first-order valence-corrected chi connectivity index (χ1v) is 13.0. The number of carbonyl (C=O) groups is 1. The van der Waals surface area contributed by atoms with Gasteiger partial charge in [0.05, 0.1) is 24.0 Å². The third-order valence-electron chi connectivity index (χ3n) is 7.33. The molecule has 1 aliphatic rings. The fraction of sp³-hybridized carbons (Fsp3) is 0.267. The van der Waals surface area contributed by atoms with Gasteiger partial charge in [-0.25, -0.2) is 13.9 Å². The summed E-state index contributed by atoms with van der Waals surface area (Å²) >= 11 is 0. The fourth-order valence-corrected chi connectivity index (χ4v) is 5.39. The van der Waals surface area contributed by atoms with Crippen LogP contribution in [-0.2, 0) is 13.1 Å². The van der Waals surface area contributed by atoms with Crippen molar-refractivity contribution >= 4 is 22.6 Å². The van der Waals surface area contributed by atoms with E-state index in [-0.39, 0.29) is 42.1 Å². The van der Waals surface area contributed by atoms with Crippen LogP contribution in [0, 0.1) is 6.92 Å². The number of fused-ring (bicyclic) bond motifs is 3. The molecule has 2 heterocycles. The van der Waals surface area contributed by atoms with E-state index in [1.165, 1.54) is 13.6 Å². The Bertz CT molecular complexity index is 1780. The number of nitrogens with one attached hydrogen (secondary N) is 1. The number of carbonyl (C=O) groups excluding carboxylic acids is 1. The average Bonchev–Trinajstić information content (AvgIpc) is 3.55. The highest BCUT2D eigenvalue weighted by atomic mass is 16.2. The highest BCUT2D eigenvalue weighted by Gasteiger charge is 2.21. The van der Waals surface area contributed by atoms with Gasteiger partial charge in [0.1, 0.15) is 0 Å². The third kappa shape index (κ3) is 4.42. The molecule has 1 fully saturated rings. The van der Waals surface area contributed by atoms with E-state index >= 15 is 0 Å². The average molecular weight is 508 g/mol. The Morgan fingerprint density at radius 1 is 0.921 bits per heavy atom. The van der Waals surface area contributed by atoms with E-state index in [9.17, 15) is 14.4 Å². The molecule has 0 radical (unpaired) electrons. The molecule has 8 heteroatoms. The van der Waals surface area contributed by atoms with Crippen LogP contribution >= 0.6 is 0 Å². The van der Waals surface area contributed by atoms with E-state index in [0.29, 0.717) is 16.5 Å². The van der Waals surface area contributed by atoms with Crippen molar-refractivity contribution in [2.45, 2.75) is 51.7 Å². The lowest BCUT2D eigenvalue weighted by Gasteiger charge is -2.13. The molecule has 0 unspecified atom stereocenters. The van der Waals surface area contributed by atoms with Crippen LogP contribution in [0.4, 0.5) is 0 Å². The summed E-state index contributed by atoms with van der Waals surface area (Å²) in [6, 6.07) is 22.6. The first-order valence-electron chi connectivity index (χ1n) is 13.0. The summed E-state index contributed by atoms with van der Waals surface area (Å²) in [5.41, 5.74) is 3.13. The minimum absolute atomic E-state index is 0.164. The second-order valence-corrected chi connectivity index (χ2v) is 10.1. The van der Waals surface area contributed by atoms with Gasteiger partial charge in [-0.1, -0.05) is 73.0 Å². The smallest absolute Gasteiger partial charge is 0.349 e. The second-order valence-electron chi connectivity index (χ2n) is 10.1. The number of hydrogen-bond acceptors (Lipinski definition) is 4. The molecule has 0 spiro atoms. The van der Waals surface area contributed by atoms with Gasteiger partial charge in [0.15, 0.2) is 0 Å². The summed E-state index contributed by atoms with van der Waals surface area (Å²) < 4.78 is 4.38. The van der Waals surface area contributed by atoms with Crippen LogP contribution in [-0.4, -0.2) is 30.7 Å². The molecule has 38 heavy (non-hydrogen) atoms. The summed E-state index contributed by atoms with van der Waals surface area (Å²) in [5.74, 6) is 0.0537. The van der Waals surface area contributed by atoms with Crippen molar-refractivity contribution in [3.05, 3.63) is 116 Å². The Hall–Kier alpha value is -4.46. The molecule has 3 aromatic carbocycles. The van der Waals surface area contributed by atoms with Gasteiger partial charge in [0.25, 0.3) is 11.5 Å². The van der Waals surface area contributed by atoms with Gasteiger partial charge < -0.3 is 5.32 Å². The van der Waals surface area contributed by atoms with E-state index in [1.807, 2.05) is 61.5 Å². The normalized spacial score (nSPS) is 13.9. The number of rotatable bonds is 6. The maximum atomic E-state index is 13.8. The van der Waals surface area contributed by atoms with Crippen molar-refractivity contribution in [2.75, 3.05) is 0 Å². The molecule has 192 valence electrons. The lowest BCUT2D eigenvalue weighted by atomic mass is 10.1. The summed E-state index contributed by atoms with van der Waals surface area (Å²) in [5, 5.41) is 8.09. The number of aryl methyl sites for hydroxylation is 1. The molecule has 1 saturated carbocycles. The van der Waals surface area contributed by atoms with Gasteiger partial charge in [-0.15, -0.1) is 5.10 Å². The summed E-state index contributed by atoms with van der Waals surface area (Å²) in [4.78, 5) is 40.5. The van der Waals surface area contributed by atoms with E-state index in [1.54, 1.807) is 18.2 Å². The van der Waals surface area contributed by atoms with Crippen molar-refractivity contribution in [1.29, 1.82) is 0 Å². The number of aromatic nitrogens is 4. The quantitative estimate of drug-likeness (QED) is 0.378. The van der Waals surface area contributed by atoms with Gasteiger partial charge in [-0.05, 0) is 49.1 Å². The third-order valence-corrected chi connectivity index (χ3v) is 7.33. The molecular weight excluding hydrogens is 478 g/mol. The molecule has 1 N–H and O–H groups in total. The minimum atomic E-state index is -0.360. The molecule has 1 aliphatic carbocycles. The first-order chi connectivity index (χ1) is 18.5. The molecule has 2 aromatic heterocycles. The highest BCUT2D eigenvalue weighted by molar-refractivity contribution is 5.98. The molecule has 0 atom stereocenters. The molecule has 0 saturated heterocycles.